The molecular weight excluding hydrogens is 347 g/mol. The lowest BCUT2D eigenvalue weighted by molar-refractivity contribution is -0.123. The summed E-state index contributed by atoms with van der Waals surface area (Å²) < 4.78 is 19.3. The third kappa shape index (κ3) is 3.74. The van der Waals surface area contributed by atoms with Crippen LogP contribution in [0, 0.1) is 11.7 Å². The molecule has 2 aromatic carbocycles. The van der Waals surface area contributed by atoms with Crippen LogP contribution in [0.4, 0.5) is 10.1 Å². The Labute approximate surface area is 149 Å². The second-order valence-electron chi connectivity index (χ2n) is 5.79. The molecule has 1 atom stereocenters. The van der Waals surface area contributed by atoms with Crippen molar-refractivity contribution in [2.75, 3.05) is 11.4 Å². The topological polar surface area (TPSA) is 72.6 Å². The largest absolute Gasteiger partial charge is 0.489 e. The zero-order valence-corrected chi connectivity index (χ0v) is 14.0. The van der Waals surface area contributed by atoms with Gasteiger partial charge in [-0.1, -0.05) is 17.7 Å². The summed E-state index contributed by atoms with van der Waals surface area (Å²) in [6, 6.07) is 11.2. The molecule has 0 aromatic heterocycles. The van der Waals surface area contributed by atoms with Crippen LogP contribution in [-0.2, 0) is 16.2 Å². The molecule has 0 bridgehead atoms. The van der Waals surface area contributed by atoms with Crippen LogP contribution in [0.25, 0.3) is 0 Å². The molecule has 0 aliphatic carbocycles. The van der Waals surface area contributed by atoms with Crippen LogP contribution in [0.5, 0.6) is 5.75 Å². The summed E-state index contributed by atoms with van der Waals surface area (Å²) in [5.74, 6) is -0.995. The maximum absolute atomic E-state index is 13.7. The number of amides is 2. The van der Waals surface area contributed by atoms with Crippen LogP contribution in [0.1, 0.15) is 12.0 Å². The van der Waals surface area contributed by atoms with Gasteiger partial charge in [-0.15, -0.1) is 0 Å². The minimum atomic E-state index is -0.474. The summed E-state index contributed by atoms with van der Waals surface area (Å²) in [6.07, 6.45) is 0.124. The van der Waals surface area contributed by atoms with E-state index in [1.165, 1.54) is 17.0 Å². The van der Waals surface area contributed by atoms with Crippen molar-refractivity contribution in [2.45, 2.75) is 13.0 Å². The number of ether oxygens (including phenoxy) is 1. The highest BCUT2D eigenvalue weighted by Gasteiger charge is 2.33. The highest BCUT2D eigenvalue weighted by molar-refractivity contribution is 6.31. The van der Waals surface area contributed by atoms with Crippen LogP contribution < -0.4 is 15.4 Å². The molecule has 0 spiro atoms. The lowest BCUT2D eigenvalue weighted by Crippen LogP contribution is -2.28. The van der Waals surface area contributed by atoms with Gasteiger partial charge in [-0.05, 0) is 36.4 Å². The summed E-state index contributed by atoms with van der Waals surface area (Å²) in [4.78, 5) is 24.7. The molecule has 1 aliphatic heterocycles. The number of nitrogens with zero attached hydrogens (tertiary/aromatic N) is 1. The van der Waals surface area contributed by atoms with E-state index in [4.69, 9.17) is 22.1 Å². The van der Waals surface area contributed by atoms with Crippen molar-refractivity contribution in [1.29, 1.82) is 0 Å². The molecule has 130 valence electrons. The van der Waals surface area contributed by atoms with E-state index in [1.54, 1.807) is 30.3 Å². The van der Waals surface area contributed by atoms with Gasteiger partial charge >= 0.3 is 0 Å². The maximum Gasteiger partial charge on any atom is 0.227 e. The first-order chi connectivity index (χ1) is 12.0. The first-order valence-corrected chi connectivity index (χ1v) is 8.09. The fourth-order valence-corrected chi connectivity index (χ4v) is 2.91. The Kier molecular flexibility index (Phi) is 4.90. The number of carbonyl (C=O) groups is 2. The molecule has 1 fully saturated rings. The second kappa shape index (κ2) is 7.11. The van der Waals surface area contributed by atoms with Crippen LogP contribution in [0.15, 0.2) is 42.5 Å². The molecule has 7 heteroatoms. The van der Waals surface area contributed by atoms with Crippen molar-refractivity contribution in [3.05, 3.63) is 58.9 Å². The number of rotatable bonds is 5. The van der Waals surface area contributed by atoms with E-state index in [-0.39, 0.29) is 31.0 Å². The fraction of sp³-hybridized carbons (Fsp3) is 0.222. The molecule has 3 rings (SSSR count). The maximum atomic E-state index is 13.7. The van der Waals surface area contributed by atoms with Gasteiger partial charge in [0.2, 0.25) is 11.8 Å². The van der Waals surface area contributed by atoms with Gasteiger partial charge in [-0.3, -0.25) is 9.59 Å². The first kappa shape index (κ1) is 17.2. The molecule has 0 radical (unpaired) electrons. The standard InChI is InChI=1S/C18H16ClFN2O3/c19-15-2-1-3-16(20)14(15)10-25-13-6-4-12(5-7-13)22-9-11(18(21)24)8-17(22)23/h1-7,11H,8-10H2,(H2,21,24)/t11-/m0/s1. The number of benzene rings is 2. The van der Waals surface area contributed by atoms with E-state index in [2.05, 4.69) is 0 Å². The summed E-state index contributed by atoms with van der Waals surface area (Å²) >= 11 is 5.96. The van der Waals surface area contributed by atoms with Gasteiger partial charge in [0.05, 0.1) is 10.9 Å². The summed E-state index contributed by atoms with van der Waals surface area (Å²) in [6.45, 7) is 0.274. The van der Waals surface area contributed by atoms with Gasteiger partial charge in [0.15, 0.2) is 0 Å². The number of anilines is 1. The third-order valence-corrected chi connectivity index (χ3v) is 4.47. The van der Waals surface area contributed by atoms with Gasteiger partial charge < -0.3 is 15.4 Å². The molecule has 1 heterocycles. The summed E-state index contributed by atoms with van der Waals surface area (Å²) in [5, 5.41) is 0.303. The van der Waals surface area contributed by atoms with Gasteiger partial charge in [-0.2, -0.15) is 0 Å². The minimum Gasteiger partial charge on any atom is -0.489 e. The summed E-state index contributed by atoms with van der Waals surface area (Å²) in [7, 11) is 0. The van der Waals surface area contributed by atoms with Crippen LogP contribution in [-0.4, -0.2) is 18.4 Å². The Morgan fingerprint density at radius 1 is 1.28 bits per heavy atom. The highest BCUT2D eigenvalue weighted by atomic mass is 35.5. The molecule has 1 saturated heterocycles. The Hall–Kier alpha value is -2.60. The molecular formula is C18H16ClFN2O3. The lowest BCUT2D eigenvalue weighted by Gasteiger charge is -2.17. The average molecular weight is 363 g/mol. The SMILES string of the molecule is NC(=O)[C@H]1CC(=O)N(c2ccc(OCc3c(F)cccc3Cl)cc2)C1. The normalized spacial score (nSPS) is 17.0. The second-order valence-corrected chi connectivity index (χ2v) is 6.20. The van der Waals surface area contributed by atoms with E-state index in [0.29, 0.717) is 16.5 Å². The molecule has 0 unspecified atom stereocenters. The van der Waals surface area contributed by atoms with Crippen molar-refractivity contribution >= 4 is 29.1 Å². The number of hydrogen-bond acceptors (Lipinski definition) is 3. The number of nitrogens with two attached hydrogens (primary N) is 1. The van der Waals surface area contributed by atoms with Gasteiger partial charge in [0.25, 0.3) is 0 Å². The average Bonchev–Trinajstić information content (AvgIpc) is 2.97. The van der Waals surface area contributed by atoms with E-state index >= 15 is 0 Å². The van der Waals surface area contributed by atoms with Crippen molar-refractivity contribution in [2.24, 2.45) is 11.7 Å². The molecule has 0 saturated carbocycles. The van der Waals surface area contributed by atoms with E-state index in [1.807, 2.05) is 0 Å². The van der Waals surface area contributed by atoms with E-state index in [0.717, 1.165) is 0 Å². The Bertz CT molecular complexity index is 790. The van der Waals surface area contributed by atoms with Gasteiger partial charge in [0.1, 0.15) is 18.2 Å². The van der Waals surface area contributed by atoms with Crippen molar-refractivity contribution in [3.8, 4) is 5.75 Å². The quantitative estimate of drug-likeness (QED) is 0.888. The van der Waals surface area contributed by atoms with Crippen molar-refractivity contribution in [1.82, 2.24) is 0 Å². The first-order valence-electron chi connectivity index (χ1n) is 7.71. The predicted molar refractivity (Wildman–Crippen MR) is 91.8 cm³/mol. The van der Waals surface area contributed by atoms with E-state index < -0.39 is 17.6 Å². The van der Waals surface area contributed by atoms with Crippen LogP contribution >= 0.6 is 11.6 Å². The molecule has 5 nitrogen and oxygen atoms in total. The van der Waals surface area contributed by atoms with Gasteiger partial charge in [0, 0.05) is 24.2 Å². The molecule has 2 N–H and O–H groups in total. The zero-order valence-electron chi connectivity index (χ0n) is 13.2. The Morgan fingerprint density at radius 3 is 2.60 bits per heavy atom. The monoisotopic (exact) mass is 362 g/mol. The zero-order chi connectivity index (χ0) is 18.0. The lowest BCUT2D eigenvalue weighted by atomic mass is 10.1. The van der Waals surface area contributed by atoms with Crippen molar-refractivity contribution < 1.29 is 18.7 Å². The predicted octanol–water partition coefficient (Wildman–Crippen LogP) is 2.90. The number of primary amides is 1. The van der Waals surface area contributed by atoms with E-state index in [9.17, 15) is 14.0 Å². The summed E-state index contributed by atoms with van der Waals surface area (Å²) in [5.41, 5.74) is 6.21. The number of hydrogen-bond donors (Lipinski definition) is 1. The smallest absolute Gasteiger partial charge is 0.227 e. The molecule has 1 aliphatic rings. The van der Waals surface area contributed by atoms with Gasteiger partial charge in [-0.25, -0.2) is 4.39 Å². The highest BCUT2D eigenvalue weighted by Crippen LogP contribution is 2.27. The number of halogens is 2. The third-order valence-electron chi connectivity index (χ3n) is 4.12. The molecule has 25 heavy (non-hydrogen) atoms. The van der Waals surface area contributed by atoms with Crippen molar-refractivity contribution in [3.63, 3.8) is 0 Å². The fourth-order valence-electron chi connectivity index (χ4n) is 2.70. The Balaban J connectivity index is 1.67. The van der Waals surface area contributed by atoms with Crippen LogP contribution in [0.3, 0.4) is 0 Å². The minimum absolute atomic E-state index is 0.00273. The van der Waals surface area contributed by atoms with Crippen LogP contribution in [0.2, 0.25) is 5.02 Å². The molecule has 2 aromatic rings. The Morgan fingerprint density at radius 2 is 2.00 bits per heavy atom. The number of carbonyl (C=O) groups excluding carboxylic acids is 2. The molecule has 2 amide bonds.